The summed E-state index contributed by atoms with van der Waals surface area (Å²) in [7, 11) is 0. The maximum Gasteiger partial charge on any atom is 0.256 e. The van der Waals surface area contributed by atoms with Gasteiger partial charge >= 0.3 is 0 Å². The lowest BCUT2D eigenvalue weighted by molar-refractivity contribution is -0.110. The number of carbonyl (C=O) groups excluding carboxylic acids is 2. The van der Waals surface area contributed by atoms with E-state index in [4.69, 9.17) is 4.98 Å². The largest absolute Gasteiger partial charge is 0.358 e. The van der Waals surface area contributed by atoms with Crippen LogP contribution < -0.4 is 10.6 Å². The summed E-state index contributed by atoms with van der Waals surface area (Å²) in [5, 5.41) is 9.07. The molecule has 0 saturated carbocycles. The molecule has 6 rings (SSSR count). The Bertz CT molecular complexity index is 1620. The molecule has 0 aliphatic carbocycles. The van der Waals surface area contributed by atoms with Crippen LogP contribution >= 0.6 is 11.3 Å². The van der Waals surface area contributed by atoms with Crippen molar-refractivity contribution in [3.63, 3.8) is 0 Å². The molecule has 4 heterocycles. The number of likely N-dealkylation sites (tertiary alicyclic amines) is 1. The van der Waals surface area contributed by atoms with E-state index in [1.54, 1.807) is 11.3 Å². The first-order chi connectivity index (χ1) is 19.4. The van der Waals surface area contributed by atoms with E-state index in [1.165, 1.54) is 18.4 Å². The van der Waals surface area contributed by atoms with Gasteiger partial charge in [-0.2, -0.15) is 0 Å². The Balaban J connectivity index is 1.25. The van der Waals surface area contributed by atoms with E-state index in [1.807, 2.05) is 38.1 Å². The fourth-order valence-electron chi connectivity index (χ4n) is 5.55. The molecule has 7 nitrogen and oxygen atoms in total. The number of hydrogen-bond acceptors (Lipinski definition) is 5. The number of benzene rings is 2. The van der Waals surface area contributed by atoms with Crippen molar-refractivity contribution < 1.29 is 9.59 Å². The molecule has 3 N–H and O–H groups in total. The van der Waals surface area contributed by atoms with Crippen LogP contribution in [0.5, 0.6) is 0 Å². The van der Waals surface area contributed by atoms with E-state index in [2.05, 4.69) is 57.1 Å². The number of aromatic nitrogens is 2. The molecule has 2 aromatic heterocycles. The SMILES string of the molecule is Cc1ccc(-c2nc(-c3ccc4c(c3)C(=Cc3[nH]c(C)c(C(=O)NCCN5CCCC5)c3C)C(=O)N4)cs2)cc1. The summed E-state index contributed by atoms with van der Waals surface area (Å²) in [5.74, 6) is -0.240. The van der Waals surface area contributed by atoms with Crippen LogP contribution in [0.15, 0.2) is 47.8 Å². The molecule has 204 valence electrons. The van der Waals surface area contributed by atoms with Gasteiger partial charge in [0.05, 0.1) is 16.8 Å². The van der Waals surface area contributed by atoms with Crippen LogP contribution in [-0.4, -0.2) is 52.9 Å². The van der Waals surface area contributed by atoms with Crippen molar-refractivity contribution in [3.8, 4) is 21.8 Å². The first-order valence-electron chi connectivity index (χ1n) is 13.8. The third-order valence-electron chi connectivity index (χ3n) is 7.81. The van der Waals surface area contributed by atoms with Gasteiger partial charge in [-0.15, -0.1) is 11.3 Å². The molecule has 8 heteroatoms. The van der Waals surface area contributed by atoms with Crippen molar-refractivity contribution in [1.29, 1.82) is 0 Å². The Morgan fingerprint density at radius 2 is 1.82 bits per heavy atom. The Hall–Kier alpha value is -4.01. The minimum Gasteiger partial charge on any atom is -0.358 e. The van der Waals surface area contributed by atoms with Gasteiger partial charge in [-0.25, -0.2) is 4.98 Å². The van der Waals surface area contributed by atoms with Crippen LogP contribution in [0.2, 0.25) is 0 Å². The number of H-pyrrole nitrogens is 1. The number of rotatable bonds is 7. The summed E-state index contributed by atoms with van der Waals surface area (Å²) in [5.41, 5.74) is 9.34. The van der Waals surface area contributed by atoms with Gasteiger partial charge in [0.25, 0.3) is 11.8 Å². The Morgan fingerprint density at radius 1 is 1.07 bits per heavy atom. The number of thiazole rings is 1. The molecule has 0 radical (unpaired) electrons. The van der Waals surface area contributed by atoms with Crippen LogP contribution in [-0.2, 0) is 4.79 Å². The Morgan fingerprint density at radius 3 is 2.60 bits per heavy atom. The first-order valence-corrected chi connectivity index (χ1v) is 14.7. The maximum absolute atomic E-state index is 13.0. The number of aryl methyl sites for hydroxylation is 2. The minimum atomic E-state index is -0.158. The van der Waals surface area contributed by atoms with Crippen molar-refractivity contribution in [1.82, 2.24) is 20.2 Å². The van der Waals surface area contributed by atoms with E-state index in [0.717, 1.165) is 69.7 Å². The second kappa shape index (κ2) is 10.9. The summed E-state index contributed by atoms with van der Waals surface area (Å²) in [6.07, 6.45) is 4.32. The Kier molecular flexibility index (Phi) is 7.12. The van der Waals surface area contributed by atoms with Crippen LogP contribution in [0.25, 0.3) is 33.5 Å². The molecule has 0 bridgehead atoms. The molecular formula is C32H33N5O2S. The minimum absolute atomic E-state index is 0.0819. The van der Waals surface area contributed by atoms with Crippen LogP contribution in [0, 0.1) is 20.8 Å². The highest BCUT2D eigenvalue weighted by Crippen LogP contribution is 2.38. The summed E-state index contributed by atoms with van der Waals surface area (Å²) >= 11 is 1.61. The van der Waals surface area contributed by atoms with E-state index in [-0.39, 0.29) is 11.8 Å². The maximum atomic E-state index is 13.0. The lowest BCUT2D eigenvalue weighted by Crippen LogP contribution is -2.33. The number of amides is 2. The predicted molar refractivity (Wildman–Crippen MR) is 162 cm³/mol. The highest BCUT2D eigenvalue weighted by Gasteiger charge is 2.26. The predicted octanol–water partition coefficient (Wildman–Crippen LogP) is 6.05. The first kappa shape index (κ1) is 26.2. The monoisotopic (exact) mass is 551 g/mol. The van der Waals surface area contributed by atoms with E-state index < -0.39 is 0 Å². The zero-order valence-corrected chi connectivity index (χ0v) is 23.9. The normalized spacial score (nSPS) is 16.0. The van der Waals surface area contributed by atoms with Gasteiger partial charge in [-0.05, 0) is 70.5 Å². The fourth-order valence-corrected chi connectivity index (χ4v) is 6.39. The van der Waals surface area contributed by atoms with Gasteiger partial charge in [0, 0.05) is 52.2 Å². The molecule has 0 atom stereocenters. The molecule has 0 spiro atoms. The number of aromatic amines is 1. The van der Waals surface area contributed by atoms with Gasteiger partial charge in [0.2, 0.25) is 0 Å². The van der Waals surface area contributed by atoms with Crippen LogP contribution in [0.3, 0.4) is 0 Å². The second-order valence-corrected chi connectivity index (χ2v) is 11.5. The lowest BCUT2D eigenvalue weighted by atomic mass is 10.0. The van der Waals surface area contributed by atoms with Gasteiger partial charge in [0.15, 0.2) is 0 Å². The number of carbonyl (C=O) groups is 2. The van der Waals surface area contributed by atoms with Crippen molar-refractivity contribution in [2.75, 3.05) is 31.5 Å². The zero-order chi connectivity index (χ0) is 27.8. The highest BCUT2D eigenvalue weighted by atomic mass is 32.1. The average molecular weight is 552 g/mol. The molecule has 2 amide bonds. The standard InChI is InChI=1S/C32H33N5O2S/c1-19-6-8-22(9-7-19)32-36-28(18-40-32)23-10-11-26-24(16-23)25(30(38)35-26)17-27-20(2)29(21(3)34-27)31(39)33-12-15-37-13-4-5-14-37/h6-11,16-18,34H,4-5,12-15H2,1-3H3,(H,33,39)(H,35,38). The number of nitrogens with zero attached hydrogens (tertiary/aromatic N) is 2. The van der Waals surface area contributed by atoms with Gasteiger partial charge in [0.1, 0.15) is 5.01 Å². The summed E-state index contributed by atoms with van der Waals surface area (Å²) in [4.78, 5) is 36.6. The molecular weight excluding hydrogens is 518 g/mol. The number of nitrogens with one attached hydrogen (secondary N) is 3. The molecule has 2 aliphatic heterocycles. The lowest BCUT2D eigenvalue weighted by Gasteiger charge is -2.14. The van der Waals surface area contributed by atoms with Gasteiger partial charge in [-0.1, -0.05) is 35.9 Å². The van der Waals surface area contributed by atoms with Crippen molar-refractivity contribution >= 4 is 40.5 Å². The van der Waals surface area contributed by atoms with E-state index in [0.29, 0.717) is 17.7 Å². The smallest absolute Gasteiger partial charge is 0.256 e. The topological polar surface area (TPSA) is 90.1 Å². The molecule has 2 aliphatic rings. The van der Waals surface area contributed by atoms with Crippen molar-refractivity contribution in [2.45, 2.75) is 33.6 Å². The van der Waals surface area contributed by atoms with Crippen molar-refractivity contribution in [3.05, 3.63) is 81.5 Å². The molecule has 40 heavy (non-hydrogen) atoms. The molecule has 4 aromatic rings. The summed E-state index contributed by atoms with van der Waals surface area (Å²) in [6, 6.07) is 14.3. The molecule has 0 unspecified atom stereocenters. The number of anilines is 1. The third kappa shape index (κ3) is 5.12. The molecule has 1 fully saturated rings. The highest BCUT2D eigenvalue weighted by molar-refractivity contribution is 7.13. The zero-order valence-electron chi connectivity index (χ0n) is 23.1. The molecule has 2 aromatic carbocycles. The quantitative estimate of drug-likeness (QED) is 0.244. The number of fused-ring (bicyclic) bond motifs is 1. The van der Waals surface area contributed by atoms with Crippen LogP contribution in [0.4, 0.5) is 5.69 Å². The van der Waals surface area contributed by atoms with E-state index >= 15 is 0 Å². The Labute approximate surface area is 238 Å². The van der Waals surface area contributed by atoms with Gasteiger partial charge in [-0.3, -0.25) is 9.59 Å². The second-order valence-electron chi connectivity index (χ2n) is 10.6. The molecule has 1 saturated heterocycles. The van der Waals surface area contributed by atoms with Crippen molar-refractivity contribution in [2.24, 2.45) is 0 Å². The summed E-state index contributed by atoms with van der Waals surface area (Å²) < 4.78 is 0. The third-order valence-corrected chi connectivity index (χ3v) is 8.70. The fraction of sp³-hybridized carbons (Fsp3) is 0.281. The summed E-state index contributed by atoms with van der Waals surface area (Å²) in [6.45, 7) is 9.62. The number of hydrogen-bond donors (Lipinski definition) is 3. The van der Waals surface area contributed by atoms with Gasteiger partial charge < -0.3 is 20.5 Å². The average Bonchev–Trinajstić information content (AvgIpc) is 3.73. The van der Waals surface area contributed by atoms with E-state index in [9.17, 15) is 9.59 Å². The van der Waals surface area contributed by atoms with Crippen LogP contribution in [0.1, 0.15) is 51.3 Å².